The summed E-state index contributed by atoms with van der Waals surface area (Å²) in [5.41, 5.74) is 0.285. The lowest BCUT2D eigenvalue weighted by Crippen LogP contribution is -2.25. The third kappa shape index (κ3) is 44.3. The van der Waals surface area contributed by atoms with Crippen LogP contribution in [0.4, 0.5) is 0 Å². The van der Waals surface area contributed by atoms with E-state index < -0.39 is 0 Å². The molecule has 0 aromatic rings. The lowest BCUT2D eigenvalue weighted by molar-refractivity contribution is -0.150. The van der Waals surface area contributed by atoms with Crippen LogP contribution in [0.5, 0.6) is 0 Å². The van der Waals surface area contributed by atoms with E-state index >= 15 is 0 Å². The predicted octanol–water partition coefficient (Wildman–Crippen LogP) is 14.2. The number of carbonyl (C=O) groups is 4. The third-order valence-electron chi connectivity index (χ3n) is 13.1. The Labute approximate surface area is 403 Å². The highest BCUT2D eigenvalue weighted by Gasteiger charge is 2.25. The summed E-state index contributed by atoms with van der Waals surface area (Å²) >= 11 is 0. The van der Waals surface area contributed by atoms with Crippen LogP contribution in [0.1, 0.15) is 259 Å². The van der Waals surface area contributed by atoms with Crippen molar-refractivity contribution in [3.8, 4) is 0 Å². The van der Waals surface area contributed by atoms with Crippen molar-refractivity contribution in [1.82, 2.24) is 9.80 Å². The van der Waals surface area contributed by atoms with Crippen molar-refractivity contribution < 1.29 is 33.4 Å². The monoisotopic (exact) mass is 918 g/mol. The van der Waals surface area contributed by atoms with Crippen LogP contribution in [0.2, 0.25) is 5.82 Å². The van der Waals surface area contributed by atoms with Gasteiger partial charge in [0.05, 0.1) is 18.9 Å². The number of ether oxygens (including phenoxy) is 3. The molecule has 1 aliphatic rings. The molecular formula is C55H106BN2O7. The van der Waals surface area contributed by atoms with Crippen molar-refractivity contribution in [2.24, 2.45) is 5.92 Å². The van der Waals surface area contributed by atoms with Crippen molar-refractivity contribution in [3.05, 3.63) is 0 Å². The topological polar surface area (TPSA) is 102 Å². The van der Waals surface area contributed by atoms with Gasteiger partial charge in [-0.2, -0.15) is 0 Å². The smallest absolute Gasteiger partial charge is 0.306 e. The Morgan fingerprint density at radius 3 is 1.66 bits per heavy atom. The number of nitrogens with zero attached hydrogens (tertiary/aromatic N) is 2. The quantitative estimate of drug-likeness (QED) is 0.0194. The van der Waals surface area contributed by atoms with Gasteiger partial charge in [-0.3, -0.25) is 14.4 Å². The summed E-state index contributed by atoms with van der Waals surface area (Å²) in [7, 11) is 5.97. The molecule has 0 saturated carbocycles. The minimum Gasteiger partial charge on any atom is -0.468 e. The molecule has 65 heavy (non-hydrogen) atoms. The zero-order chi connectivity index (χ0) is 47.9. The molecule has 0 aromatic heterocycles. The Hall–Kier alpha value is -1.94. The Morgan fingerprint density at radius 2 is 1.08 bits per heavy atom. The van der Waals surface area contributed by atoms with Crippen LogP contribution in [-0.2, 0) is 33.4 Å². The van der Waals surface area contributed by atoms with E-state index in [0.29, 0.717) is 44.8 Å². The molecule has 1 unspecified atom stereocenters. The Balaban J connectivity index is 0.00000128. The summed E-state index contributed by atoms with van der Waals surface area (Å²) in [6, 6.07) is 0. The molecule has 1 heterocycles. The number of rotatable bonds is 47. The highest BCUT2D eigenvalue weighted by atomic mass is 16.5. The third-order valence-corrected chi connectivity index (χ3v) is 13.1. The standard InChI is InChI=1S/C29H56BN2O3.C26H50O4/c1-5-7-10-15-26(16-11-8-6-2)17-14-24-35-29(34)18-12-9-13-21-32-23-19-27(25-32)30-28(33)20-22-31(3)4;1-3-5-7-9-12-16-20-25(21-17-13-10-8-6-4-2)30-26(28)22-18-14-11-15-19-23-29-24-27/h26-27H,5-25H2,1-4H3;24-25H,3-23H2,1-2H3. The van der Waals surface area contributed by atoms with Crippen LogP contribution in [0, 0.1) is 5.92 Å². The van der Waals surface area contributed by atoms with Gasteiger partial charge in [0.1, 0.15) is 6.10 Å². The highest BCUT2D eigenvalue weighted by molar-refractivity contribution is 6.75. The maximum atomic E-state index is 12.3. The summed E-state index contributed by atoms with van der Waals surface area (Å²) in [5.74, 6) is 1.19. The molecule has 1 aliphatic heterocycles. The minimum atomic E-state index is -0.0226. The first kappa shape index (κ1) is 63.1. The molecule has 1 rings (SSSR count). The van der Waals surface area contributed by atoms with Crippen LogP contribution >= 0.6 is 0 Å². The molecule has 0 aromatic carbocycles. The van der Waals surface area contributed by atoms with Gasteiger partial charge in [-0.05, 0) is 116 Å². The number of carbonyl (C=O) groups excluding carboxylic acids is 4. The van der Waals surface area contributed by atoms with Crippen LogP contribution in [0.15, 0.2) is 0 Å². The zero-order valence-electron chi connectivity index (χ0n) is 43.8. The zero-order valence-corrected chi connectivity index (χ0v) is 43.8. The van der Waals surface area contributed by atoms with Gasteiger partial charge in [-0.15, -0.1) is 0 Å². The Bertz CT molecular complexity index is 1050. The first-order valence-corrected chi connectivity index (χ1v) is 27.8. The molecule has 1 atom stereocenters. The van der Waals surface area contributed by atoms with Crippen molar-refractivity contribution in [3.63, 3.8) is 0 Å². The molecule has 1 saturated heterocycles. The Morgan fingerprint density at radius 1 is 0.585 bits per heavy atom. The second-order valence-corrected chi connectivity index (χ2v) is 19.8. The summed E-state index contributed by atoms with van der Waals surface area (Å²) in [6.07, 6.45) is 41.3. The first-order valence-electron chi connectivity index (χ1n) is 27.8. The van der Waals surface area contributed by atoms with E-state index in [1.165, 1.54) is 135 Å². The summed E-state index contributed by atoms with van der Waals surface area (Å²) < 4.78 is 16.1. The molecule has 0 bridgehead atoms. The van der Waals surface area contributed by atoms with E-state index in [2.05, 4.69) is 42.2 Å². The number of unbranched alkanes of at least 4 members (excludes halogenated alkanes) is 20. The maximum Gasteiger partial charge on any atom is 0.306 e. The number of likely N-dealkylation sites (tertiary alicyclic amines) is 1. The van der Waals surface area contributed by atoms with E-state index in [1.54, 1.807) is 0 Å². The number of hydrogen-bond acceptors (Lipinski definition) is 9. The van der Waals surface area contributed by atoms with Crippen molar-refractivity contribution >= 4 is 31.4 Å². The summed E-state index contributed by atoms with van der Waals surface area (Å²) in [6.45, 7) is 14.6. The lowest BCUT2D eigenvalue weighted by Gasteiger charge is -2.18. The molecule has 1 radical (unpaired) electrons. The SMILES string of the molecule is CCCCCC(CCCCC)CCCOC(=O)CCCCCN1CCC([B]C(=O)CCN(C)C)C1.CCCCCCCCC(CCCCCCCC)OC(=O)CCCCCCCOC=O. The predicted molar refractivity (Wildman–Crippen MR) is 275 cm³/mol. The van der Waals surface area contributed by atoms with E-state index in [9.17, 15) is 19.2 Å². The van der Waals surface area contributed by atoms with Gasteiger partial charge in [0.25, 0.3) is 6.47 Å². The second-order valence-electron chi connectivity index (χ2n) is 19.8. The minimum absolute atomic E-state index is 0.0127. The molecule has 1 fully saturated rings. The van der Waals surface area contributed by atoms with Gasteiger partial charge in [-0.25, -0.2) is 0 Å². The van der Waals surface area contributed by atoms with E-state index in [-0.39, 0.29) is 23.7 Å². The molecule has 10 heteroatoms. The van der Waals surface area contributed by atoms with Crippen molar-refractivity contribution in [2.45, 2.75) is 271 Å². The molecule has 0 N–H and O–H groups in total. The van der Waals surface area contributed by atoms with Gasteiger partial charge in [0.15, 0.2) is 0 Å². The van der Waals surface area contributed by atoms with Gasteiger partial charge in [0.2, 0.25) is 7.28 Å². The molecule has 0 aliphatic carbocycles. The maximum absolute atomic E-state index is 12.3. The van der Waals surface area contributed by atoms with Crippen LogP contribution in [0.25, 0.3) is 0 Å². The molecule has 381 valence electrons. The second kappa shape index (κ2) is 48.5. The van der Waals surface area contributed by atoms with Crippen molar-refractivity contribution in [1.29, 1.82) is 0 Å². The molecule has 9 nitrogen and oxygen atoms in total. The first-order chi connectivity index (χ1) is 31.7. The molecule has 0 amide bonds. The fourth-order valence-corrected chi connectivity index (χ4v) is 8.94. The number of esters is 2. The summed E-state index contributed by atoms with van der Waals surface area (Å²) in [4.78, 5) is 51.1. The van der Waals surface area contributed by atoms with E-state index in [0.717, 1.165) is 109 Å². The number of hydrogen-bond donors (Lipinski definition) is 0. The molecule has 0 spiro atoms. The van der Waals surface area contributed by atoms with Gasteiger partial charge < -0.3 is 28.8 Å². The fraction of sp³-hybridized carbons (Fsp3) is 0.927. The van der Waals surface area contributed by atoms with Gasteiger partial charge >= 0.3 is 11.9 Å². The average molecular weight is 918 g/mol. The van der Waals surface area contributed by atoms with Crippen LogP contribution < -0.4 is 0 Å². The Kier molecular flexibility index (Phi) is 47.1. The molecular weight excluding hydrogens is 811 g/mol. The lowest BCUT2D eigenvalue weighted by atomic mass is 9.59. The fourth-order valence-electron chi connectivity index (χ4n) is 8.94. The van der Waals surface area contributed by atoms with Crippen molar-refractivity contribution in [2.75, 3.05) is 53.5 Å². The highest BCUT2D eigenvalue weighted by Crippen LogP contribution is 2.24. The van der Waals surface area contributed by atoms with E-state index in [1.807, 2.05) is 21.4 Å². The summed E-state index contributed by atoms with van der Waals surface area (Å²) in [5, 5.41) is 0. The normalized spacial score (nSPS) is 13.9. The van der Waals surface area contributed by atoms with Gasteiger partial charge in [-0.1, -0.05) is 169 Å². The largest absolute Gasteiger partial charge is 0.468 e. The van der Waals surface area contributed by atoms with E-state index in [4.69, 9.17) is 9.47 Å². The van der Waals surface area contributed by atoms with Crippen LogP contribution in [-0.4, -0.2) is 101 Å². The average Bonchev–Trinajstić information content (AvgIpc) is 3.74. The van der Waals surface area contributed by atoms with Gasteiger partial charge in [0, 0.05) is 25.8 Å². The van der Waals surface area contributed by atoms with Crippen LogP contribution in [0.3, 0.4) is 0 Å².